The van der Waals surface area contributed by atoms with Gasteiger partial charge in [0.1, 0.15) is 16.4 Å². The first-order valence-electron chi connectivity index (χ1n) is 14.5. The number of aryl methyl sites for hydroxylation is 1. The summed E-state index contributed by atoms with van der Waals surface area (Å²) in [7, 11) is 2.08. The topological polar surface area (TPSA) is 129 Å². The van der Waals surface area contributed by atoms with Gasteiger partial charge in [-0.25, -0.2) is 19.6 Å². The van der Waals surface area contributed by atoms with Crippen molar-refractivity contribution in [1.82, 2.24) is 24.8 Å². The number of nitrogens with zero attached hydrogens (tertiary/aromatic N) is 4. The number of carboxylic acid groups (broad SMARTS) is 1. The molecule has 4 heterocycles. The van der Waals surface area contributed by atoms with Crippen LogP contribution in [0.15, 0.2) is 46.8 Å². The summed E-state index contributed by atoms with van der Waals surface area (Å²) in [5, 5.41) is 16.2. The smallest absolute Gasteiger partial charge is 0.434 e. The molecule has 0 atom stereocenters. The number of hydrogen-bond acceptors (Lipinski definition) is 7. The summed E-state index contributed by atoms with van der Waals surface area (Å²) < 4.78 is 42.1. The Labute approximate surface area is 260 Å². The molecule has 0 saturated carbocycles. The number of hydrogen-bond donors (Lipinski definition) is 3. The Morgan fingerprint density at radius 1 is 1.16 bits per heavy atom. The van der Waals surface area contributed by atoms with Crippen LogP contribution < -0.4 is 16.1 Å². The van der Waals surface area contributed by atoms with Gasteiger partial charge in [-0.15, -0.1) is 11.3 Å². The summed E-state index contributed by atoms with van der Waals surface area (Å²) in [6.45, 7) is 6.06. The lowest BCUT2D eigenvalue weighted by Crippen LogP contribution is -2.34. The van der Waals surface area contributed by atoms with E-state index in [9.17, 15) is 32.7 Å². The lowest BCUT2D eigenvalue weighted by molar-refractivity contribution is -0.140. The minimum atomic E-state index is -4.66. The number of alkyl halides is 3. The number of carbonyl (C=O) groups excluding carboxylic acids is 1. The summed E-state index contributed by atoms with van der Waals surface area (Å²) in [5.41, 5.74) is -0.515. The van der Waals surface area contributed by atoms with E-state index < -0.39 is 29.3 Å². The number of anilines is 1. The van der Waals surface area contributed by atoms with Gasteiger partial charge in [-0.2, -0.15) is 13.2 Å². The number of nitrogens with one attached hydrogen (secondary N) is 2. The van der Waals surface area contributed by atoms with E-state index in [-0.39, 0.29) is 33.4 Å². The van der Waals surface area contributed by atoms with E-state index in [4.69, 9.17) is 0 Å². The number of thiazole rings is 1. The maximum absolute atomic E-state index is 13.5. The molecule has 3 N–H and O–H groups in total. The average Bonchev–Trinajstić information content (AvgIpc) is 3.48. The molecule has 10 nitrogen and oxygen atoms in total. The van der Waals surface area contributed by atoms with Crippen molar-refractivity contribution in [1.29, 1.82) is 0 Å². The molecule has 1 aliphatic rings. The van der Waals surface area contributed by atoms with Crippen LogP contribution in [0.25, 0.3) is 32.6 Å². The molecule has 0 spiro atoms. The van der Waals surface area contributed by atoms with E-state index in [1.807, 2.05) is 0 Å². The highest BCUT2D eigenvalue weighted by atomic mass is 32.1. The molecular weight excluding hydrogens is 609 g/mol. The van der Waals surface area contributed by atoms with E-state index >= 15 is 0 Å². The van der Waals surface area contributed by atoms with Gasteiger partial charge in [-0.05, 0) is 82.9 Å². The third-order valence-electron chi connectivity index (χ3n) is 7.83. The Morgan fingerprint density at radius 2 is 1.89 bits per heavy atom. The molecule has 2 amide bonds. The highest BCUT2D eigenvalue weighted by Crippen LogP contribution is 2.39. The first-order chi connectivity index (χ1) is 21.3. The fourth-order valence-corrected chi connectivity index (χ4v) is 6.30. The maximum Gasteiger partial charge on any atom is 0.434 e. The van der Waals surface area contributed by atoms with Gasteiger partial charge in [-0.1, -0.05) is 6.07 Å². The molecular formula is C31H33F3N6O4S. The van der Waals surface area contributed by atoms with Crippen LogP contribution in [0, 0.1) is 5.92 Å². The molecule has 4 aromatic rings. The van der Waals surface area contributed by atoms with Crippen molar-refractivity contribution < 1.29 is 27.9 Å². The van der Waals surface area contributed by atoms with Crippen LogP contribution in [0.4, 0.5) is 23.8 Å². The Balaban J connectivity index is 1.59. The lowest BCUT2D eigenvalue weighted by Gasteiger charge is -2.29. The minimum Gasteiger partial charge on any atom is -0.477 e. The molecule has 1 aromatic carbocycles. The Morgan fingerprint density at radius 3 is 2.53 bits per heavy atom. The second-order valence-corrected chi connectivity index (χ2v) is 12.4. The van der Waals surface area contributed by atoms with E-state index in [0.717, 1.165) is 49.1 Å². The van der Waals surface area contributed by atoms with Gasteiger partial charge in [0.2, 0.25) is 5.43 Å². The zero-order valence-electron chi connectivity index (χ0n) is 24.9. The number of fused-ring (bicyclic) bond motifs is 1. The number of amides is 2. The third-order valence-corrected chi connectivity index (χ3v) is 8.70. The first kappa shape index (κ1) is 32.1. The number of pyridine rings is 2. The van der Waals surface area contributed by atoms with Crippen molar-refractivity contribution in [3.63, 3.8) is 0 Å². The number of likely N-dealkylation sites (tertiary alicyclic amines) is 1. The second-order valence-electron chi connectivity index (χ2n) is 11.5. The third kappa shape index (κ3) is 7.34. The number of carbonyl (C=O) groups is 2. The van der Waals surface area contributed by atoms with Crippen LogP contribution in [0.2, 0.25) is 0 Å². The monoisotopic (exact) mass is 642 g/mol. The van der Waals surface area contributed by atoms with E-state index in [0.29, 0.717) is 29.1 Å². The standard InChI is InChI=1S/C31H33F3N6O4S/c1-17(2)36-30(44)38-26-13-20(28-37-25(16-45-28)31(32,33)34)22(14-35-26)19-4-5-24-21(12-19)27(41)23(29(42)43)15-40(24)11-8-18-6-9-39(3)10-7-18/h4-5,12-18H,6-11H2,1-3H3,(H,42,43)(H2,35,36,38,44). The van der Waals surface area contributed by atoms with Crippen molar-refractivity contribution in [2.75, 3.05) is 25.5 Å². The van der Waals surface area contributed by atoms with Crippen molar-refractivity contribution in [2.45, 2.75) is 51.9 Å². The van der Waals surface area contributed by atoms with Crippen molar-refractivity contribution in [3.05, 3.63) is 63.5 Å². The van der Waals surface area contributed by atoms with Crippen molar-refractivity contribution in [3.8, 4) is 21.7 Å². The lowest BCUT2D eigenvalue weighted by atomic mass is 9.93. The van der Waals surface area contributed by atoms with Gasteiger partial charge >= 0.3 is 18.2 Å². The zero-order valence-corrected chi connectivity index (χ0v) is 25.8. The fourth-order valence-electron chi connectivity index (χ4n) is 5.45. The van der Waals surface area contributed by atoms with Crippen molar-refractivity contribution in [2.24, 2.45) is 5.92 Å². The molecule has 3 aromatic heterocycles. The van der Waals surface area contributed by atoms with Crippen LogP contribution in [-0.2, 0) is 12.7 Å². The molecule has 14 heteroatoms. The van der Waals surface area contributed by atoms with E-state index in [1.165, 1.54) is 24.5 Å². The molecule has 5 rings (SSSR count). The zero-order chi connectivity index (χ0) is 32.5. The first-order valence-corrected chi connectivity index (χ1v) is 15.4. The Kier molecular flexibility index (Phi) is 9.26. The Hall–Kier alpha value is -4.30. The SMILES string of the molecule is CC(C)NC(=O)Nc1cc(-c2nc(C(F)(F)F)cs2)c(-c2ccc3c(c2)c(=O)c(C(=O)O)cn3CCC2CCN(C)CC2)cn1. The largest absolute Gasteiger partial charge is 0.477 e. The van der Waals surface area contributed by atoms with Crippen LogP contribution in [0.1, 0.15) is 49.2 Å². The predicted molar refractivity (Wildman–Crippen MR) is 167 cm³/mol. The summed E-state index contributed by atoms with van der Waals surface area (Å²) >= 11 is 0.779. The highest BCUT2D eigenvalue weighted by molar-refractivity contribution is 7.13. The van der Waals surface area contributed by atoms with E-state index in [1.54, 1.807) is 30.5 Å². The number of urea groups is 1. The van der Waals surface area contributed by atoms with Gasteiger partial charge in [0, 0.05) is 46.9 Å². The summed E-state index contributed by atoms with van der Waals surface area (Å²) in [6.07, 6.45) is 1.01. The number of aromatic carboxylic acids is 1. The molecule has 238 valence electrons. The fraction of sp³-hybridized carbons (Fsp3) is 0.387. The summed E-state index contributed by atoms with van der Waals surface area (Å²) in [5.74, 6) is -0.785. The highest BCUT2D eigenvalue weighted by Gasteiger charge is 2.34. The molecule has 0 aliphatic carbocycles. The quantitative estimate of drug-likeness (QED) is 0.210. The van der Waals surface area contributed by atoms with Gasteiger partial charge in [0.25, 0.3) is 0 Å². The number of rotatable bonds is 8. The Bertz CT molecular complexity index is 1790. The number of carboxylic acids is 1. The maximum atomic E-state index is 13.5. The summed E-state index contributed by atoms with van der Waals surface area (Å²) in [4.78, 5) is 48.1. The number of piperidine rings is 1. The molecule has 0 bridgehead atoms. The van der Waals surface area contributed by atoms with Gasteiger partial charge in [0.15, 0.2) is 5.69 Å². The van der Waals surface area contributed by atoms with Crippen molar-refractivity contribution >= 4 is 40.1 Å². The molecule has 1 saturated heterocycles. The predicted octanol–water partition coefficient (Wildman–Crippen LogP) is 6.17. The van der Waals surface area contributed by atoms with Gasteiger partial charge in [0.05, 0.1) is 5.52 Å². The molecule has 45 heavy (non-hydrogen) atoms. The van der Waals surface area contributed by atoms with E-state index in [2.05, 4.69) is 32.5 Å². The van der Waals surface area contributed by atoms with Crippen LogP contribution in [0.3, 0.4) is 0 Å². The van der Waals surface area contributed by atoms with Crippen LogP contribution >= 0.6 is 11.3 Å². The molecule has 1 aliphatic heterocycles. The average molecular weight is 643 g/mol. The van der Waals surface area contributed by atoms with Gasteiger partial charge in [-0.3, -0.25) is 10.1 Å². The number of aromatic nitrogens is 3. The number of halogens is 3. The normalized spacial score (nSPS) is 14.6. The molecule has 0 radical (unpaired) electrons. The number of benzene rings is 1. The minimum absolute atomic E-state index is 0.0296. The van der Waals surface area contributed by atoms with Gasteiger partial charge < -0.3 is 19.9 Å². The van der Waals surface area contributed by atoms with Crippen LogP contribution in [0.5, 0.6) is 0 Å². The molecule has 0 unspecified atom stereocenters. The van der Waals surface area contributed by atoms with Crippen LogP contribution in [-0.4, -0.2) is 62.7 Å². The summed E-state index contributed by atoms with van der Waals surface area (Å²) in [6, 6.07) is 5.67. The second kappa shape index (κ2) is 13.0. The molecule has 1 fully saturated rings.